The standard InChI is InChI=1S/C10H10NO2S.C3H3NS.2BrH/c1-13-10(12)6-11-7-14-9-5-3-2-4-8(9)11;1-2-5-3-4-1;;/h2-5,7H,6H2,1H3;1-3H;2*1H/q+1;;;/p-1. The first kappa shape index (κ1) is 20.2. The van der Waals surface area contributed by atoms with Crippen LogP contribution in [0.1, 0.15) is 0 Å². The quantitative estimate of drug-likeness (QED) is 0.293. The number of H-pyrrole nitrogens is 1. The van der Waals surface area contributed by atoms with Crippen molar-refractivity contribution in [2.24, 2.45) is 0 Å². The molecule has 0 aliphatic heterocycles. The monoisotopic (exact) mass is 452 g/mol. The van der Waals surface area contributed by atoms with E-state index in [-0.39, 0.29) is 46.5 Å². The Bertz CT molecular complexity index is 627. The number of rotatable bonds is 2. The van der Waals surface area contributed by atoms with E-state index in [1.54, 1.807) is 22.7 Å². The molecule has 0 aliphatic carbocycles. The van der Waals surface area contributed by atoms with Crippen molar-refractivity contribution in [3.8, 4) is 0 Å². The summed E-state index contributed by atoms with van der Waals surface area (Å²) in [6.45, 7) is 0.278. The number of ether oxygens (including phenoxy) is 1. The highest BCUT2D eigenvalue weighted by atomic mass is 79.9. The molecular weight excluding hydrogens is 440 g/mol. The van der Waals surface area contributed by atoms with Gasteiger partial charge in [-0.05, 0) is 6.07 Å². The van der Waals surface area contributed by atoms with E-state index >= 15 is 0 Å². The minimum Gasteiger partial charge on any atom is -1.00 e. The number of halogens is 2. The maximum Gasteiger partial charge on any atom is 0.372 e. The van der Waals surface area contributed by atoms with Gasteiger partial charge in [0, 0.05) is 6.07 Å². The van der Waals surface area contributed by atoms with Gasteiger partial charge in [-0.3, -0.25) is 0 Å². The third kappa shape index (κ3) is 6.21. The highest BCUT2D eigenvalue weighted by Gasteiger charge is 2.14. The van der Waals surface area contributed by atoms with E-state index in [1.165, 1.54) is 11.8 Å². The summed E-state index contributed by atoms with van der Waals surface area (Å²) >= 11 is 3.28. The Morgan fingerprint density at radius 3 is 2.67 bits per heavy atom. The van der Waals surface area contributed by atoms with Crippen LogP contribution in [-0.4, -0.2) is 13.1 Å². The van der Waals surface area contributed by atoms with E-state index in [9.17, 15) is 4.79 Å². The second-order valence-electron chi connectivity index (χ2n) is 3.62. The third-order valence-electron chi connectivity index (χ3n) is 2.39. The molecule has 8 heteroatoms. The average Bonchev–Trinajstić information content (AvgIpc) is 3.12. The summed E-state index contributed by atoms with van der Waals surface area (Å²) < 4.78 is 7.69. The topological polar surface area (TPSA) is 44.3 Å². The molecule has 114 valence electrons. The number of para-hydroxylation sites is 1. The smallest absolute Gasteiger partial charge is 0.372 e. The van der Waals surface area contributed by atoms with Crippen molar-refractivity contribution in [1.82, 2.24) is 0 Å². The zero-order chi connectivity index (χ0) is 13.5. The summed E-state index contributed by atoms with van der Waals surface area (Å²) in [6.07, 6.45) is 1.89. The first-order valence-corrected chi connectivity index (χ1v) is 7.44. The van der Waals surface area contributed by atoms with Gasteiger partial charge in [0.2, 0.25) is 23.1 Å². The van der Waals surface area contributed by atoms with Gasteiger partial charge in [0.1, 0.15) is 4.70 Å². The van der Waals surface area contributed by atoms with E-state index in [1.807, 2.05) is 51.4 Å². The highest BCUT2D eigenvalue weighted by Crippen LogP contribution is 2.14. The molecule has 21 heavy (non-hydrogen) atoms. The molecule has 0 saturated carbocycles. The predicted molar refractivity (Wildman–Crippen MR) is 74.9 cm³/mol. The van der Waals surface area contributed by atoms with Crippen molar-refractivity contribution in [1.29, 1.82) is 0 Å². The second kappa shape index (κ2) is 10.8. The van der Waals surface area contributed by atoms with Gasteiger partial charge in [-0.25, -0.2) is 9.78 Å². The first-order valence-electron chi connectivity index (χ1n) is 5.62. The lowest BCUT2D eigenvalue weighted by Gasteiger charge is -1.92. The maximum atomic E-state index is 11.1. The van der Waals surface area contributed by atoms with Crippen LogP contribution in [0.2, 0.25) is 0 Å². The summed E-state index contributed by atoms with van der Waals surface area (Å²) in [5.74, 6) is -0.224. The largest absolute Gasteiger partial charge is 1.00 e. The van der Waals surface area contributed by atoms with Crippen LogP contribution in [0.4, 0.5) is 0 Å². The van der Waals surface area contributed by atoms with Crippen LogP contribution < -0.4 is 43.5 Å². The molecule has 0 aliphatic rings. The lowest BCUT2D eigenvalue weighted by molar-refractivity contribution is -0.655. The zero-order valence-electron chi connectivity index (χ0n) is 11.2. The van der Waals surface area contributed by atoms with Crippen LogP contribution in [0.15, 0.2) is 46.9 Å². The van der Waals surface area contributed by atoms with Crippen molar-refractivity contribution in [2.45, 2.75) is 6.54 Å². The fraction of sp³-hybridized carbons (Fsp3) is 0.154. The van der Waals surface area contributed by atoms with Crippen LogP contribution in [0.25, 0.3) is 10.2 Å². The molecule has 0 saturated heterocycles. The summed E-state index contributed by atoms with van der Waals surface area (Å²) in [7, 11) is 1.40. The maximum absolute atomic E-state index is 11.1. The van der Waals surface area contributed by atoms with Crippen LogP contribution in [-0.2, 0) is 16.1 Å². The summed E-state index contributed by atoms with van der Waals surface area (Å²) in [5.41, 5.74) is 4.92. The van der Waals surface area contributed by atoms with Crippen LogP contribution >= 0.6 is 22.7 Å². The molecule has 0 amide bonds. The second-order valence-corrected chi connectivity index (χ2v) is 5.28. The number of thiazole rings is 2. The van der Waals surface area contributed by atoms with Gasteiger partial charge in [0.15, 0.2) is 6.20 Å². The van der Waals surface area contributed by atoms with Gasteiger partial charge in [-0.2, -0.15) is 4.57 Å². The van der Waals surface area contributed by atoms with E-state index in [0.29, 0.717) is 0 Å². The van der Waals surface area contributed by atoms with Gasteiger partial charge in [0.05, 0.1) is 12.5 Å². The molecule has 3 rings (SSSR count). The molecule has 0 spiro atoms. The van der Waals surface area contributed by atoms with E-state index in [0.717, 1.165) is 5.52 Å². The lowest BCUT2D eigenvalue weighted by Crippen LogP contribution is -3.00. The Balaban J connectivity index is 0.000000491. The predicted octanol–water partition coefficient (Wildman–Crippen LogP) is -4.07. The number of carbonyl (C=O) groups is 1. The number of aromatic nitrogens is 2. The van der Waals surface area contributed by atoms with E-state index in [4.69, 9.17) is 0 Å². The number of nitrogens with zero attached hydrogens (tertiary/aromatic N) is 1. The zero-order valence-corrected chi connectivity index (χ0v) is 16.0. The minimum atomic E-state index is -0.224. The summed E-state index contributed by atoms with van der Waals surface area (Å²) in [6, 6.07) is 7.98. The molecular formula is C13H14Br2N2O2S2. The summed E-state index contributed by atoms with van der Waals surface area (Å²) in [4.78, 5) is 14.0. The molecule has 2 heterocycles. The molecule has 1 N–H and O–H groups in total. The molecule has 0 unspecified atom stereocenters. The number of hydrogen-bond donors (Lipinski definition) is 0. The molecule has 0 fully saturated rings. The van der Waals surface area contributed by atoms with Crippen LogP contribution in [0.3, 0.4) is 0 Å². The van der Waals surface area contributed by atoms with Gasteiger partial charge < -0.3 is 38.7 Å². The van der Waals surface area contributed by atoms with Crippen molar-refractivity contribution >= 4 is 38.9 Å². The Kier molecular flexibility index (Phi) is 10.4. The fourth-order valence-corrected chi connectivity index (χ4v) is 2.78. The van der Waals surface area contributed by atoms with Crippen LogP contribution in [0.5, 0.6) is 0 Å². The number of benzene rings is 1. The Labute approximate surface area is 152 Å². The minimum absolute atomic E-state index is 0. The number of fused-ring (bicyclic) bond motifs is 1. The van der Waals surface area contributed by atoms with Gasteiger partial charge >= 0.3 is 5.97 Å². The number of hydrogen-bond acceptors (Lipinski definition) is 4. The third-order valence-corrected chi connectivity index (χ3v) is 3.91. The van der Waals surface area contributed by atoms with Gasteiger partial charge in [-0.1, -0.05) is 34.8 Å². The average molecular weight is 454 g/mol. The first-order chi connectivity index (χ1) is 9.31. The normalized spacial score (nSPS) is 8.81. The number of methoxy groups -OCH3 is 1. The lowest BCUT2D eigenvalue weighted by atomic mass is 10.3. The number of aromatic amines is 1. The van der Waals surface area contributed by atoms with Crippen molar-refractivity contribution < 1.29 is 53.0 Å². The van der Waals surface area contributed by atoms with Gasteiger partial charge in [-0.15, -0.1) is 0 Å². The Morgan fingerprint density at radius 2 is 2.10 bits per heavy atom. The Morgan fingerprint density at radius 1 is 1.33 bits per heavy atom. The molecule has 1 aromatic carbocycles. The number of carbonyl (C=O) groups excluding carboxylic acids is 1. The molecule has 0 bridgehead atoms. The molecule has 4 nitrogen and oxygen atoms in total. The number of esters is 1. The molecule has 0 radical (unpaired) electrons. The fourth-order valence-electron chi connectivity index (χ4n) is 1.49. The van der Waals surface area contributed by atoms with E-state index < -0.39 is 0 Å². The summed E-state index contributed by atoms with van der Waals surface area (Å²) in [5, 5.41) is 1.99. The van der Waals surface area contributed by atoms with Crippen molar-refractivity contribution in [3.05, 3.63) is 46.9 Å². The van der Waals surface area contributed by atoms with E-state index in [2.05, 4.69) is 9.72 Å². The highest BCUT2D eigenvalue weighted by molar-refractivity contribution is 7.16. The molecule has 2 aromatic heterocycles. The van der Waals surface area contributed by atoms with Crippen molar-refractivity contribution in [3.63, 3.8) is 0 Å². The molecule has 3 aromatic rings. The number of nitrogens with one attached hydrogen (secondary N) is 1. The van der Waals surface area contributed by atoms with Crippen LogP contribution in [0, 0.1) is 0 Å². The SMILES string of the molecule is COC(=O)C[n+]1csc2ccccc21.[Br-].[Br-].c1csc[nH+]1. The molecule has 0 atom stereocenters. The Hall–Kier alpha value is -0.830. The van der Waals surface area contributed by atoms with Crippen molar-refractivity contribution in [2.75, 3.05) is 7.11 Å². The van der Waals surface area contributed by atoms with Gasteiger partial charge in [0.25, 0.3) is 0 Å².